The van der Waals surface area contributed by atoms with Gasteiger partial charge in [0, 0.05) is 10.4 Å². The number of hydrogen-bond acceptors (Lipinski definition) is 6. The van der Waals surface area contributed by atoms with Gasteiger partial charge in [-0.3, -0.25) is 0 Å². The summed E-state index contributed by atoms with van der Waals surface area (Å²) in [6, 6.07) is 7.18. The number of ether oxygens (including phenoxy) is 1. The average Bonchev–Trinajstić information content (AvgIpc) is 2.95. The number of carboxylic acids is 1. The average molecular weight is 400 g/mol. The molecule has 2 aromatic heterocycles. The van der Waals surface area contributed by atoms with Crippen LogP contribution in [-0.2, 0) is 4.79 Å². The van der Waals surface area contributed by atoms with Crippen molar-refractivity contribution in [1.82, 2.24) is 9.97 Å². The Bertz CT molecular complexity index is 996. The van der Waals surface area contributed by atoms with Crippen molar-refractivity contribution in [3.63, 3.8) is 0 Å². The lowest BCUT2D eigenvalue weighted by Crippen LogP contribution is -2.34. The summed E-state index contributed by atoms with van der Waals surface area (Å²) in [5.74, 6) is 1.02. The van der Waals surface area contributed by atoms with Gasteiger partial charge in [-0.15, -0.1) is 11.3 Å². The standard InChI is InChI=1S/C21H25N3O3S/c1-6-27-15-9-7-14(8-10-15)16-12(4)28-20-17(16)19(22-13(5)23-20)24-18(11(2)3)21(25)26/h7-11,18H,6H2,1-5H3,(H,25,26)(H,22,23,24). The topological polar surface area (TPSA) is 84.3 Å². The molecule has 3 rings (SSSR count). The predicted molar refractivity (Wildman–Crippen MR) is 113 cm³/mol. The van der Waals surface area contributed by atoms with E-state index in [4.69, 9.17) is 4.74 Å². The Balaban J connectivity index is 2.16. The molecule has 0 radical (unpaired) electrons. The molecule has 28 heavy (non-hydrogen) atoms. The fourth-order valence-corrected chi connectivity index (χ4v) is 4.31. The van der Waals surface area contributed by atoms with E-state index in [1.54, 1.807) is 11.3 Å². The number of fused-ring (bicyclic) bond motifs is 1. The van der Waals surface area contributed by atoms with E-state index in [1.807, 2.05) is 58.9 Å². The van der Waals surface area contributed by atoms with E-state index < -0.39 is 12.0 Å². The van der Waals surface area contributed by atoms with Gasteiger partial charge in [-0.05, 0) is 44.4 Å². The van der Waals surface area contributed by atoms with Crippen LogP contribution in [0.1, 0.15) is 31.5 Å². The maximum absolute atomic E-state index is 11.7. The van der Waals surface area contributed by atoms with Gasteiger partial charge in [0.05, 0.1) is 12.0 Å². The number of carboxylic acid groups (broad SMARTS) is 1. The molecule has 0 spiro atoms. The zero-order valence-corrected chi connectivity index (χ0v) is 17.6. The van der Waals surface area contributed by atoms with Crippen LogP contribution >= 0.6 is 11.3 Å². The molecule has 0 amide bonds. The second-order valence-corrected chi connectivity index (χ2v) is 8.20. The number of anilines is 1. The lowest BCUT2D eigenvalue weighted by Gasteiger charge is -2.19. The number of thiophene rings is 1. The van der Waals surface area contributed by atoms with Crippen molar-refractivity contribution < 1.29 is 14.6 Å². The van der Waals surface area contributed by atoms with Gasteiger partial charge in [0.15, 0.2) is 0 Å². The first-order chi connectivity index (χ1) is 13.3. The summed E-state index contributed by atoms with van der Waals surface area (Å²) >= 11 is 1.59. The van der Waals surface area contributed by atoms with Crippen LogP contribution in [0.4, 0.5) is 5.82 Å². The first-order valence-electron chi connectivity index (χ1n) is 9.32. The van der Waals surface area contributed by atoms with Crippen LogP contribution in [0.3, 0.4) is 0 Å². The van der Waals surface area contributed by atoms with Crippen molar-refractivity contribution in [3.8, 4) is 16.9 Å². The van der Waals surface area contributed by atoms with E-state index in [2.05, 4.69) is 15.3 Å². The van der Waals surface area contributed by atoms with Crippen LogP contribution in [0.2, 0.25) is 0 Å². The highest BCUT2D eigenvalue weighted by molar-refractivity contribution is 7.19. The molecule has 0 fully saturated rings. The van der Waals surface area contributed by atoms with Gasteiger partial charge < -0.3 is 15.2 Å². The second kappa shape index (κ2) is 8.14. The van der Waals surface area contributed by atoms with Gasteiger partial charge >= 0.3 is 5.97 Å². The van der Waals surface area contributed by atoms with Crippen molar-refractivity contribution in [1.29, 1.82) is 0 Å². The largest absolute Gasteiger partial charge is 0.494 e. The molecule has 148 valence electrons. The minimum absolute atomic E-state index is 0.0866. The fourth-order valence-electron chi connectivity index (χ4n) is 3.22. The highest BCUT2D eigenvalue weighted by Crippen LogP contribution is 2.41. The Hall–Kier alpha value is -2.67. The summed E-state index contributed by atoms with van der Waals surface area (Å²) < 4.78 is 5.54. The van der Waals surface area contributed by atoms with Gasteiger partial charge in [-0.2, -0.15) is 0 Å². The molecule has 1 unspecified atom stereocenters. The molecule has 0 saturated carbocycles. The van der Waals surface area contributed by atoms with Crippen LogP contribution in [0.5, 0.6) is 5.75 Å². The number of nitrogens with zero attached hydrogens (tertiary/aromatic N) is 2. The smallest absolute Gasteiger partial charge is 0.326 e. The van der Waals surface area contributed by atoms with Crippen LogP contribution in [0.15, 0.2) is 24.3 Å². The normalized spacial score (nSPS) is 12.4. The molecule has 0 saturated heterocycles. The number of hydrogen-bond donors (Lipinski definition) is 2. The molecule has 6 nitrogen and oxygen atoms in total. The minimum Gasteiger partial charge on any atom is -0.494 e. The SMILES string of the molecule is CCOc1ccc(-c2c(C)sc3nc(C)nc(NC(C(=O)O)C(C)C)c23)cc1. The molecule has 1 atom stereocenters. The fraction of sp³-hybridized carbons (Fsp3) is 0.381. The lowest BCUT2D eigenvalue weighted by molar-refractivity contribution is -0.138. The lowest BCUT2D eigenvalue weighted by atomic mass is 10.0. The van der Waals surface area contributed by atoms with Gasteiger partial charge in [0.25, 0.3) is 0 Å². The predicted octanol–water partition coefficient (Wildman–Crippen LogP) is 4.89. The third-order valence-corrected chi connectivity index (χ3v) is 5.52. The number of carbonyl (C=O) groups is 1. The molecular weight excluding hydrogens is 374 g/mol. The maximum atomic E-state index is 11.7. The third-order valence-electron chi connectivity index (χ3n) is 4.52. The van der Waals surface area contributed by atoms with Crippen LogP contribution < -0.4 is 10.1 Å². The van der Waals surface area contributed by atoms with Crippen molar-refractivity contribution in [2.75, 3.05) is 11.9 Å². The van der Waals surface area contributed by atoms with E-state index >= 15 is 0 Å². The van der Waals surface area contributed by atoms with Crippen LogP contribution in [0.25, 0.3) is 21.3 Å². The van der Waals surface area contributed by atoms with Crippen molar-refractivity contribution in [2.24, 2.45) is 5.92 Å². The molecule has 7 heteroatoms. The molecule has 0 aliphatic heterocycles. The van der Waals surface area contributed by atoms with Crippen LogP contribution in [0, 0.1) is 19.8 Å². The number of aliphatic carboxylic acids is 1. The Kier molecular flexibility index (Phi) is 5.84. The first kappa shape index (κ1) is 20.1. The minimum atomic E-state index is -0.894. The number of aromatic nitrogens is 2. The Morgan fingerprint density at radius 1 is 1.21 bits per heavy atom. The molecule has 1 aromatic carbocycles. The molecule has 2 heterocycles. The zero-order chi connectivity index (χ0) is 20.4. The molecule has 3 aromatic rings. The molecule has 0 aliphatic carbocycles. The third kappa shape index (κ3) is 3.94. The molecule has 0 bridgehead atoms. The molecular formula is C21H25N3O3S. The van der Waals surface area contributed by atoms with Gasteiger partial charge in [-0.1, -0.05) is 26.0 Å². The summed E-state index contributed by atoms with van der Waals surface area (Å²) in [5, 5.41) is 13.6. The van der Waals surface area contributed by atoms with Crippen molar-refractivity contribution in [3.05, 3.63) is 35.0 Å². The molecule has 2 N–H and O–H groups in total. The summed E-state index contributed by atoms with van der Waals surface area (Å²) in [5.41, 5.74) is 2.05. The number of benzene rings is 1. The van der Waals surface area contributed by atoms with Gasteiger partial charge in [-0.25, -0.2) is 14.8 Å². The monoisotopic (exact) mass is 399 g/mol. The number of rotatable bonds is 7. The van der Waals surface area contributed by atoms with E-state index in [1.165, 1.54) is 0 Å². The second-order valence-electron chi connectivity index (χ2n) is 6.99. The van der Waals surface area contributed by atoms with E-state index in [-0.39, 0.29) is 5.92 Å². The number of aryl methyl sites for hydroxylation is 2. The summed E-state index contributed by atoms with van der Waals surface area (Å²) in [4.78, 5) is 22.8. The highest BCUT2D eigenvalue weighted by atomic mass is 32.1. The Morgan fingerprint density at radius 2 is 1.89 bits per heavy atom. The Labute approximate surface area is 168 Å². The quantitative estimate of drug-likeness (QED) is 0.588. The molecule has 0 aliphatic rings. The first-order valence-corrected chi connectivity index (χ1v) is 10.1. The van der Waals surface area contributed by atoms with Gasteiger partial charge in [0.2, 0.25) is 0 Å². The Morgan fingerprint density at radius 3 is 2.46 bits per heavy atom. The van der Waals surface area contributed by atoms with E-state index in [0.717, 1.165) is 32.0 Å². The maximum Gasteiger partial charge on any atom is 0.326 e. The van der Waals surface area contributed by atoms with E-state index in [0.29, 0.717) is 18.2 Å². The van der Waals surface area contributed by atoms with E-state index in [9.17, 15) is 9.90 Å². The van der Waals surface area contributed by atoms with Gasteiger partial charge in [0.1, 0.15) is 28.3 Å². The highest BCUT2D eigenvalue weighted by Gasteiger charge is 2.25. The summed E-state index contributed by atoms with van der Waals surface area (Å²) in [6.45, 7) is 10.2. The summed E-state index contributed by atoms with van der Waals surface area (Å²) in [6.07, 6.45) is 0. The van der Waals surface area contributed by atoms with Crippen molar-refractivity contribution >= 4 is 33.3 Å². The van der Waals surface area contributed by atoms with Crippen LogP contribution in [-0.4, -0.2) is 33.7 Å². The zero-order valence-electron chi connectivity index (χ0n) is 16.7. The summed E-state index contributed by atoms with van der Waals surface area (Å²) in [7, 11) is 0. The van der Waals surface area contributed by atoms with Crippen molar-refractivity contribution in [2.45, 2.75) is 40.7 Å². The number of nitrogens with one attached hydrogen (secondary N) is 1.